The van der Waals surface area contributed by atoms with Crippen molar-refractivity contribution in [1.29, 1.82) is 0 Å². The lowest BCUT2D eigenvalue weighted by molar-refractivity contribution is -0.123. The monoisotopic (exact) mass is 394 g/mol. The van der Waals surface area contributed by atoms with Crippen LogP contribution in [0.4, 0.5) is 0 Å². The molecule has 4 rings (SSSR count). The van der Waals surface area contributed by atoms with Gasteiger partial charge in [-0.1, -0.05) is 60.7 Å². The van der Waals surface area contributed by atoms with Crippen molar-refractivity contribution in [3.8, 4) is 0 Å². The maximum absolute atomic E-state index is 11.6. The van der Waals surface area contributed by atoms with Crippen molar-refractivity contribution in [1.82, 2.24) is 9.80 Å². The summed E-state index contributed by atoms with van der Waals surface area (Å²) in [4.78, 5) is 16.3. The Morgan fingerprint density at radius 1 is 1.00 bits per heavy atom. The van der Waals surface area contributed by atoms with Gasteiger partial charge in [0.25, 0.3) is 0 Å². The third-order valence-corrected chi connectivity index (χ3v) is 5.91. The van der Waals surface area contributed by atoms with E-state index in [2.05, 4.69) is 52.3 Å². The molecule has 2 aromatic carbocycles. The van der Waals surface area contributed by atoms with Crippen LogP contribution in [-0.2, 0) is 20.7 Å². The summed E-state index contributed by atoms with van der Waals surface area (Å²) in [5.41, 5.74) is 2.58. The van der Waals surface area contributed by atoms with Gasteiger partial charge in [0.2, 0.25) is 0 Å². The Morgan fingerprint density at radius 2 is 1.69 bits per heavy atom. The highest BCUT2D eigenvalue weighted by Crippen LogP contribution is 2.27. The van der Waals surface area contributed by atoms with Crippen LogP contribution in [-0.4, -0.2) is 67.8 Å². The first kappa shape index (κ1) is 20.2. The van der Waals surface area contributed by atoms with Gasteiger partial charge >= 0.3 is 0 Å². The summed E-state index contributed by atoms with van der Waals surface area (Å²) in [5.74, 6) is 0. The van der Waals surface area contributed by atoms with Crippen molar-refractivity contribution in [2.75, 3.05) is 39.4 Å². The maximum Gasteiger partial charge on any atom is 0.167 e. The van der Waals surface area contributed by atoms with Crippen molar-refractivity contribution >= 4 is 6.29 Å². The minimum Gasteiger partial charge on any atom is -0.379 e. The summed E-state index contributed by atoms with van der Waals surface area (Å²) < 4.78 is 11.6. The zero-order chi connectivity index (χ0) is 19.9. The van der Waals surface area contributed by atoms with Crippen molar-refractivity contribution in [3.63, 3.8) is 0 Å². The minimum absolute atomic E-state index is 0.0613. The van der Waals surface area contributed by atoms with Gasteiger partial charge in [-0.3, -0.25) is 14.6 Å². The number of hydrogen-bond acceptors (Lipinski definition) is 5. The van der Waals surface area contributed by atoms with Gasteiger partial charge in [-0.25, -0.2) is 0 Å². The molecule has 2 saturated heterocycles. The highest BCUT2D eigenvalue weighted by molar-refractivity contribution is 5.56. The lowest BCUT2D eigenvalue weighted by Gasteiger charge is -2.35. The number of carbonyl (C=O) groups excluding carboxylic acids is 1. The molecule has 0 saturated carbocycles. The van der Waals surface area contributed by atoms with Crippen molar-refractivity contribution < 1.29 is 14.3 Å². The lowest BCUT2D eigenvalue weighted by atomic mass is 10.0. The third-order valence-electron chi connectivity index (χ3n) is 5.91. The molecule has 0 spiro atoms. The Hall–Kier alpha value is -2.05. The molecular weight excluding hydrogens is 364 g/mol. The van der Waals surface area contributed by atoms with Gasteiger partial charge in [0.05, 0.1) is 19.3 Å². The predicted molar refractivity (Wildman–Crippen MR) is 113 cm³/mol. The van der Waals surface area contributed by atoms with Crippen LogP contribution in [0.1, 0.15) is 23.6 Å². The fourth-order valence-electron chi connectivity index (χ4n) is 4.43. The Balaban J connectivity index is 1.40. The summed E-state index contributed by atoms with van der Waals surface area (Å²) >= 11 is 0. The summed E-state index contributed by atoms with van der Waals surface area (Å²) in [6, 6.07) is 21.4. The minimum atomic E-state index is -0.440. The van der Waals surface area contributed by atoms with Gasteiger partial charge in [0.15, 0.2) is 12.5 Å². The molecule has 3 unspecified atom stereocenters. The van der Waals surface area contributed by atoms with E-state index in [1.54, 1.807) is 0 Å². The molecule has 0 aromatic heterocycles. The Bertz CT molecular complexity index is 749. The SMILES string of the molecule is O=CC1OC(Cc2ccccc2)CN1CCC(c1ccccc1)N1CCOCC1. The molecule has 0 bridgehead atoms. The standard InChI is InChI=1S/C24H30N2O3/c27-19-24-26(18-22(29-24)17-20-7-3-1-4-8-20)12-11-23(21-9-5-2-6-10-21)25-13-15-28-16-14-25/h1-10,19,22-24H,11-18H2. The van der Waals surface area contributed by atoms with Crippen LogP contribution in [0, 0.1) is 0 Å². The molecule has 2 heterocycles. The molecule has 3 atom stereocenters. The Labute approximate surface area is 173 Å². The van der Waals surface area contributed by atoms with E-state index in [4.69, 9.17) is 9.47 Å². The summed E-state index contributed by atoms with van der Waals surface area (Å²) in [6.45, 7) is 5.10. The average Bonchev–Trinajstić information content (AvgIpc) is 3.17. The van der Waals surface area contributed by atoms with E-state index in [1.165, 1.54) is 11.1 Å². The summed E-state index contributed by atoms with van der Waals surface area (Å²) in [7, 11) is 0. The topological polar surface area (TPSA) is 42.0 Å². The normalized spacial score (nSPS) is 24.4. The van der Waals surface area contributed by atoms with Crippen LogP contribution in [0.5, 0.6) is 0 Å². The molecular formula is C24H30N2O3. The molecule has 29 heavy (non-hydrogen) atoms. The van der Waals surface area contributed by atoms with Gasteiger partial charge in [-0.05, 0) is 24.0 Å². The molecule has 154 valence electrons. The number of morpholine rings is 1. The zero-order valence-electron chi connectivity index (χ0n) is 16.9. The van der Waals surface area contributed by atoms with E-state index < -0.39 is 6.23 Å². The molecule has 2 aliphatic heterocycles. The van der Waals surface area contributed by atoms with Crippen LogP contribution in [0.3, 0.4) is 0 Å². The van der Waals surface area contributed by atoms with Crippen LogP contribution >= 0.6 is 0 Å². The number of aldehydes is 1. The zero-order valence-corrected chi connectivity index (χ0v) is 16.9. The van der Waals surface area contributed by atoms with E-state index in [0.717, 1.165) is 58.5 Å². The number of ether oxygens (including phenoxy) is 2. The van der Waals surface area contributed by atoms with Crippen LogP contribution in [0.2, 0.25) is 0 Å². The molecule has 0 radical (unpaired) electrons. The number of benzene rings is 2. The highest BCUT2D eigenvalue weighted by atomic mass is 16.5. The summed E-state index contributed by atoms with van der Waals surface area (Å²) in [6.07, 6.45) is 2.37. The number of nitrogens with zero attached hydrogens (tertiary/aromatic N) is 2. The van der Waals surface area contributed by atoms with Crippen molar-refractivity contribution in [3.05, 3.63) is 71.8 Å². The van der Waals surface area contributed by atoms with Crippen LogP contribution < -0.4 is 0 Å². The van der Waals surface area contributed by atoms with Crippen LogP contribution in [0.25, 0.3) is 0 Å². The number of carbonyl (C=O) groups is 1. The second-order valence-electron chi connectivity index (χ2n) is 7.83. The second kappa shape index (κ2) is 10.1. The number of hydrogen-bond donors (Lipinski definition) is 0. The van der Waals surface area contributed by atoms with E-state index in [1.807, 2.05) is 18.2 Å². The molecule has 5 heteroatoms. The van der Waals surface area contributed by atoms with E-state index in [-0.39, 0.29) is 6.10 Å². The fourth-order valence-corrected chi connectivity index (χ4v) is 4.43. The van der Waals surface area contributed by atoms with Crippen molar-refractivity contribution in [2.45, 2.75) is 31.2 Å². The third kappa shape index (κ3) is 5.31. The molecule has 2 aliphatic rings. The maximum atomic E-state index is 11.6. The van der Waals surface area contributed by atoms with Gasteiger partial charge < -0.3 is 9.47 Å². The fraction of sp³-hybridized carbons (Fsp3) is 0.458. The molecule has 2 aromatic rings. The smallest absolute Gasteiger partial charge is 0.167 e. The summed E-state index contributed by atoms with van der Waals surface area (Å²) in [5, 5.41) is 0. The van der Waals surface area contributed by atoms with Crippen molar-refractivity contribution in [2.24, 2.45) is 0 Å². The molecule has 0 amide bonds. The predicted octanol–water partition coefficient (Wildman–Crippen LogP) is 2.92. The van der Waals surface area contributed by atoms with Crippen LogP contribution in [0.15, 0.2) is 60.7 Å². The first-order valence-corrected chi connectivity index (χ1v) is 10.6. The number of rotatable bonds is 8. The average molecular weight is 395 g/mol. The molecule has 5 nitrogen and oxygen atoms in total. The molecule has 0 aliphatic carbocycles. The molecule has 0 N–H and O–H groups in total. The van der Waals surface area contributed by atoms with E-state index >= 15 is 0 Å². The largest absolute Gasteiger partial charge is 0.379 e. The molecule has 2 fully saturated rings. The lowest BCUT2D eigenvalue weighted by Crippen LogP contribution is -2.41. The Kier molecular flexibility index (Phi) is 7.06. The van der Waals surface area contributed by atoms with Gasteiger partial charge in [-0.15, -0.1) is 0 Å². The van der Waals surface area contributed by atoms with Gasteiger partial charge in [-0.2, -0.15) is 0 Å². The first-order valence-electron chi connectivity index (χ1n) is 10.6. The second-order valence-corrected chi connectivity index (χ2v) is 7.83. The highest BCUT2D eigenvalue weighted by Gasteiger charge is 2.33. The van der Waals surface area contributed by atoms with E-state index in [0.29, 0.717) is 6.04 Å². The van der Waals surface area contributed by atoms with Gasteiger partial charge in [0.1, 0.15) is 0 Å². The van der Waals surface area contributed by atoms with Gasteiger partial charge in [0, 0.05) is 32.2 Å². The Morgan fingerprint density at radius 3 is 2.38 bits per heavy atom. The van der Waals surface area contributed by atoms with E-state index in [9.17, 15) is 4.79 Å². The quantitative estimate of drug-likeness (QED) is 0.644. The first-order chi connectivity index (χ1) is 14.3.